The van der Waals surface area contributed by atoms with Crippen LogP contribution in [0.2, 0.25) is 0 Å². The van der Waals surface area contributed by atoms with E-state index in [4.69, 9.17) is 0 Å². The summed E-state index contributed by atoms with van der Waals surface area (Å²) in [6.07, 6.45) is 1.32. The van der Waals surface area contributed by atoms with Crippen LogP contribution in [0.3, 0.4) is 0 Å². The van der Waals surface area contributed by atoms with Gasteiger partial charge in [-0.25, -0.2) is 0 Å². The van der Waals surface area contributed by atoms with Crippen molar-refractivity contribution in [2.24, 2.45) is 0 Å². The molecule has 1 aliphatic rings. The molecule has 1 saturated heterocycles. The van der Waals surface area contributed by atoms with E-state index in [1.54, 1.807) is 0 Å². The number of para-hydroxylation sites is 1. The lowest BCUT2D eigenvalue weighted by atomic mass is 10.2. The molecule has 2 unspecified atom stereocenters. The molecule has 1 aromatic carbocycles. The van der Waals surface area contributed by atoms with E-state index < -0.39 is 0 Å². The van der Waals surface area contributed by atoms with Gasteiger partial charge in [0.05, 0.1) is 0 Å². The van der Waals surface area contributed by atoms with Crippen LogP contribution in [0.4, 0.5) is 5.69 Å². The van der Waals surface area contributed by atoms with Gasteiger partial charge in [0.25, 0.3) is 0 Å². The van der Waals surface area contributed by atoms with E-state index in [0.29, 0.717) is 6.04 Å². The van der Waals surface area contributed by atoms with Gasteiger partial charge in [0.2, 0.25) is 0 Å². The van der Waals surface area contributed by atoms with Crippen molar-refractivity contribution < 1.29 is 0 Å². The number of hydrogen-bond acceptors (Lipinski definition) is 3. The second kappa shape index (κ2) is 7.65. The van der Waals surface area contributed by atoms with Crippen LogP contribution in [-0.2, 0) is 0 Å². The molecule has 20 heavy (non-hydrogen) atoms. The zero-order valence-corrected chi connectivity index (χ0v) is 13.2. The minimum Gasteiger partial charge on any atom is -0.383 e. The summed E-state index contributed by atoms with van der Waals surface area (Å²) in [6, 6.07) is 11.8. The first kappa shape index (κ1) is 15.3. The SMILES string of the molecule is CCN(CC)C1CCN(C(C)CNc2ccccc2)C1. The van der Waals surface area contributed by atoms with Gasteiger partial charge in [-0.05, 0) is 38.6 Å². The predicted octanol–water partition coefficient (Wildman–Crippen LogP) is 2.90. The number of anilines is 1. The zero-order chi connectivity index (χ0) is 14.4. The molecule has 0 aromatic heterocycles. The summed E-state index contributed by atoms with van der Waals surface area (Å²) >= 11 is 0. The average molecular weight is 275 g/mol. The Balaban J connectivity index is 1.78. The molecule has 0 aliphatic carbocycles. The maximum atomic E-state index is 3.54. The largest absolute Gasteiger partial charge is 0.383 e. The van der Waals surface area contributed by atoms with Crippen LogP contribution in [0.1, 0.15) is 27.2 Å². The maximum absolute atomic E-state index is 3.54. The molecular formula is C17H29N3. The Morgan fingerprint density at radius 1 is 1.25 bits per heavy atom. The van der Waals surface area contributed by atoms with E-state index in [2.05, 4.69) is 66.2 Å². The third-order valence-electron chi connectivity index (χ3n) is 4.52. The van der Waals surface area contributed by atoms with Gasteiger partial charge in [0, 0.05) is 37.4 Å². The maximum Gasteiger partial charge on any atom is 0.0340 e. The lowest BCUT2D eigenvalue weighted by Crippen LogP contribution is -2.41. The number of likely N-dealkylation sites (tertiary alicyclic amines) is 1. The van der Waals surface area contributed by atoms with Gasteiger partial charge in [-0.3, -0.25) is 9.80 Å². The van der Waals surface area contributed by atoms with Gasteiger partial charge < -0.3 is 5.32 Å². The number of benzene rings is 1. The van der Waals surface area contributed by atoms with E-state index in [1.807, 2.05) is 0 Å². The molecule has 1 aliphatic heterocycles. The number of hydrogen-bond donors (Lipinski definition) is 1. The quantitative estimate of drug-likeness (QED) is 0.825. The van der Waals surface area contributed by atoms with Crippen LogP contribution in [-0.4, -0.2) is 54.6 Å². The molecule has 0 spiro atoms. The lowest BCUT2D eigenvalue weighted by molar-refractivity contribution is 0.196. The van der Waals surface area contributed by atoms with Crippen LogP contribution in [0.25, 0.3) is 0 Å². The monoisotopic (exact) mass is 275 g/mol. The Morgan fingerprint density at radius 2 is 1.95 bits per heavy atom. The fourth-order valence-corrected chi connectivity index (χ4v) is 3.16. The standard InChI is InChI=1S/C17H29N3/c1-4-19(5-2)17-11-12-20(14-17)15(3)13-18-16-9-7-6-8-10-16/h6-10,15,17-18H,4-5,11-14H2,1-3H3. The van der Waals surface area contributed by atoms with Gasteiger partial charge in [0.15, 0.2) is 0 Å². The molecule has 0 radical (unpaired) electrons. The molecule has 1 heterocycles. The topological polar surface area (TPSA) is 18.5 Å². The third kappa shape index (κ3) is 3.97. The molecular weight excluding hydrogens is 246 g/mol. The molecule has 2 atom stereocenters. The molecule has 1 fully saturated rings. The molecule has 1 aromatic rings. The van der Waals surface area contributed by atoms with Crippen molar-refractivity contribution in [3.63, 3.8) is 0 Å². The van der Waals surface area contributed by atoms with Crippen LogP contribution in [0, 0.1) is 0 Å². The van der Waals surface area contributed by atoms with Crippen LogP contribution in [0.15, 0.2) is 30.3 Å². The summed E-state index contributed by atoms with van der Waals surface area (Å²) in [4.78, 5) is 5.22. The van der Waals surface area contributed by atoms with Crippen molar-refractivity contribution in [2.75, 3.05) is 38.0 Å². The van der Waals surface area contributed by atoms with Crippen LogP contribution in [0.5, 0.6) is 0 Å². The van der Waals surface area contributed by atoms with E-state index in [-0.39, 0.29) is 0 Å². The Morgan fingerprint density at radius 3 is 2.60 bits per heavy atom. The molecule has 3 heteroatoms. The summed E-state index contributed by atoms with van der Waals surface area (Å²) in [5.41, 5.74) is 1.22. The third-order valence-corrected chi connectivity index (χ3v) is 4.52. The van der Waals surface area contributed by atoms with Gasteiger partial charge in [-0.1, -0.05) is 32.0 Å². The minimum absolute atomic E-state index is 0.593. The fourth-order valence-electron chi connectivity index (χ4n) is 3.16. The summed E-state index contributed by atoms with van der Waals surface area (Å²) in [7, 11) is 0. The first-order valence-corrected chi connectivity index (χ1v) is 8.01. The fraction of sp³-hybridized carbons (Fsp3) is 0.647. The predicted molar refractivity (Wildman–Crippen MR) is 87.3 cm³/mol. The van der Waals surface area contributed by atoms with E-state index in [9.17, 15) is 0 Å². The molecule has 0 bridgehead atoms. The van der Waals surface area contributed by atoms with Crippen LogP contribution < -0.4 is 5.32 Å². The van der Waals surface area contributed by atoms with Crippen molar-refractivity contribution >= 4 is 5.69 Å². The first-order valence-electron chi connectivity index (χ1n) is 8.01. The summed E-state index contributed by atoms with van der Waals surface area (Å²) in [5, 5.41) is 3.54. The Labute approximate surface area is 124 Å². The number of nitrogens with zero attached hydrogens (tertiary/aromatic N) is 2. The zero-order valence-electron chi connectivity index (χ0n) is 13.2. The van der Waals surface area contributed by atoms with E-state index in [0.717, 1.165) is 12.6 Å². The van der Waals surface area contributed by atoms with Crippen molar-refractivity contribution in [3.8, 4) is 0 Å². The molecule has 112 valence electrons. The smallest absolute Gasteiger partial charge is 0.0340 e. The highest BCUT2D eigenvalue weighted by atomic mass is 15.3. The molecule has 0 amide bonds. The van der Waals surface area contributed by atoms with Gasteiger partial charge in [-0.2, -0.15) is 0 Å². The highest BCUT2D eigenvalue weighted by Crippen LogP contribution is 2.18. The minimum atomic E-state index is 0.593. The van der Waals surface area contributed by atoms with Crippen molar-refractivity contribution in [1.82, 2.24) is 9.80 Å². The van der Waals surface area contributed by atoms with Gasteiger partial charge in [0.1, 0.15) is 0 Å². The summed E-state index contributed by atoms with van der Waals surface area (Å²) < 4.78 is 0. The molecule has 1 N–H and O–H groups in total. The second-order valence-corrected chi connectivity index (χ2v) is 5.75. The number of likely N-dealkylation sites (N-methyl/N-ethyl adjacent to an activating group) is 1. The van der Waals surface area contributed by atoms with E-state index in [1.165, 1.54) is 38.3 Å². The highest BCUT2D eigenvalue weighted by molar-refractivity contribution is 5.42. The normalized spacial score (nSPS) is 21.3. The summed E-state index contributed by atoms with van der Waals surface area (Å²) in [6.45, 7) is 12.7. The van der Waals surface area contributed by atoms with Crippen LogP contribution >= 0.6 is 0 Å². The average Bonchev–Trinajstić information content (AvgIpc) is 2.97. The van der Waals surface area contributed by atoms with Crippen molar-refractivity contribution in [2.45, 2.75) is 39.3 Å². The van der Waals surface area contributed by atoms with Crippen molar-refractivity contribution in [3.05, 3.63) is 30.3 Å². The highest BCUT2D eigenvalue weighted by Gasteiger charge is 2.28. The Bertz CT molecular complexity index is 375. The molecule has 3 nitrogen and oxygen atoms in total. The second-order valence-electron chi connectivity index (χ2n) is 5.75. The lowest BCUT2D eigenvalue weighted by Gasteiger charge is -2.28. The number of nitrogens with one attached hydrogen (secondary N) is 1. The Kier molecular flexibility index (Phi) is 5.86. The molecule has 2 rings (SSSR count). The van der Waals surface area contributed by atoms with Gasteiger partial charge >= 0.3 is 0 Å². The van der Waals surface area contributed by atoms with Crippen molar-refractivity contribution in [1.29, 1.82) is 0 Å². The Hall–Kier alpha value is -1.06. The first-order chi connectivity index (χ1) is 9.74. The summed E-state index contributed by atoms with van der Waals surface area (Å²) in [5.74, 6) is 0. The number of rotatable bonds is 7. The van der Waals surface area contributed by atoms with E-state index >= 15 is 0 Å². The molecule has 0 saturated carbocycles. The van der Waals surface area contributed by atoms with Gasteiger partial charge in [-0.15, -0.1) is 0 Å².